The third-order valence-electron chi connectivity index (χ3n) is 4.02. The number of hydrogen-bond donors (Lipinski definition) is 0. The third kappa shape index (κ3) is 3.41. The van der Waals surface area contributed by atoms with Gasteiger partial charge in [0.15, 0.2) is 11.5 Å². The zero-order valence-corrected chi connectivity index (χ0v) is 15.5. The van der Waals surface area contributed by atoms with Gasteiger partial charge >= 0.3 is 5.97 Å². The molecule has 0 saturated heterocycles. The lowest BCUT2D eigenvalue weighted by molar-refractivity contribution is 0.0461. The molecule has 0 unspecified atom stereocenters. The van der Waals surface area contributed by atoms with Gasteiger partial charge in [0.05, 0.1) is 16.4 Å². The Balaban J connectivity index is 1.56. The molecule has 0 amide bonds. The number of ether oxygens (including phenoxy) is 1. The maximum absolute atomic E-state index is 12.5. The van der Waals surface area contributed by atoms with Gasteiger partial charge in [-0.15, -0.1) is 0 Å². The molecule has 0 spiro atoms. The summed E-state index contributed by atoms with van der Waals surface area (Å²) in [6, 6.07) is 10.9. The normalized spacial score (nSPS) is 11.1. The van der Waals surface area contributed by atoms with Crippen LogP contribution in [0.3, 0.4) is 0 Å². The Hall–Kier alpha value is -3.19. The van der Waals surface area contributed by atoms with Crippen molar-refractivity contribution in [2.45, 2.75) is 20.5 Å². The average molecular weight is 382 g/mol. The average Bonchev–Trinajstić information content (AvgIpc) is 3.22. The molecule has 4 heterocycles. The Labute approximate surface area is 160 Å². The van der Waals surface area contributed by atoms with Gasteiger partial charge in [0.1, 0.15) is 12.3 Å². The fraction of sp³-hybridized carbons (Fsp3) is 0.158. The van der Waals surface area contributed by atoms with Crippen LogP contribution in [0.2, 0.25) is 5.02 Å². The van der Waals surface area contributed by atoms with Gasteiger partial charge in [0, 0.05) is 18.1 Å². The monoisotopic (exact) mass is 381 g/mol. The SMILES string of the molecule is Cc1cc(C)n(-c2ccc(Cl)c(C(=O)OCc3cn4ccccc4n3)n2)n1. The van der Waals surface area contributed by atoms with Crippen molar-refractivity contribution in [1.82, 2.24) is 24.1 Å². The number of imidazole rings is 1. The van der Waals surface area contributed by atoms with E-state index in [0.29, 0.717) is 11.5 Å². The molecule has 0 fully saturated rings. The molecule has 0 aliphatic carbocycles. The number of nitrogens with zero attached hydrogens (tertiary/aromatic N) is 5. The van der Waals surface area contributed by atoms with Gasteiger partial charge in [-0.25, -0.2) is 19.4 Å². The molecule has 0 radical (unpaired) electrons. The molecule has 0 bridgehead atoms. The molecular weight excluding hydrogens is 366 g/mol. The van der Waals surface area contributed by atoms with Crippen LogP contribution < -0.4 is 0 Å². The number of rotatable bonds is 4. The highest BCUT2D eigenvalue weighted by Crippen LogP contribution is 2.19. The number of carbonyl (C=O) groups excluding carboxylic acids is 1. The van der Waals surface area contributed by atoms with Crippen LogP contribution in [0.1, 0.15) is 27.6 Å². The van der Waals surface area contributed by atoms with E-state index in [-0.39, 0.29) is 17.3 Å². The maximum Gasteiger partial charge on any atom is 0.358 e. The number of pyridine rings is 2. The highest BCUT2D eigenvalue weighted by atomic mass is 35.5. The third-order valence-corrected chi connectivity index (χ3v) is 4.32. The van der Waals surface area contributed by atoms with E-state index in [1.54, 1.807) is 16.8 Å². The van der Waals surface area contributed by atoms with Crippen LogP contribution in [0.15, 0.2) is 48.8 Å². The van der Waals surface area contributed by atoms with E-state index in [1.807, 2.05) is 54.9 Å². The maximum atomic E-state index is 12.5. The van der Waals surface area contributed by atoms with Crippen molar-refractivity contribution in [2.24, 2.45) is 0 Å². The van der Waals surface area contributed by atoms with Gasteiger partial charge < -0.3 is 9.14 Å². The Morgan fingerprint density at radius 3 is 2.78 bits per heavy atom. The van der Waals surface area contributed by atoms with E-state index >= 15 is 0 Å². The van der Waals surface area contributed by atoms with Crippen molar-refractivity contribution in [3.05, 3.63) is 76.6 Å². The summed E-state index contributed by atoms with van der Waals surface area (Å²) in [6.07, 6.45) is 3.69. The summed E-state index contributed by atoms with van der Waals surface area (Å²) >= 11 is 6.16. The van der Waals surface area contributed by atoms with Crippen LogP contribution in [-0.2, 0) is 11.3 Å². The zero-order chi connectivity index (χ0) is 19.0. The standard InChI is InChI=1S/C19H16ClN5O2/c1-12-9-13(2)25(23-12)17-7-6-15(20)18(22-17)19(26)27-11-14-10-24-8-4-3-5-16(24)21-14/h3-10H,11H2,1-2H3. The van der Waals surface area contributed by atoms with Gasteiger partial charge in [-0.1, -0.05) is 17.7 Å². The number of fused-ring (bicyclic) bond motifs is 1. The van der Waals surface area contributed by atoms with Crippen LogP contribution in [-0.4, -0.2) is 30.1 Å². The first-order valence-electron chi connectivity index (χ1n) is 8.31. The van der Waals surface area contributed by atoms with Gasteiger partial charge in [0.25, 0.3) is 0 Å². The minimum atomic E-state index is -0.611. The number of esters is 1. The molecule has 27 heavy (non-hydrogen) atoms. The van der Waals surface area contributed by atoms with Crippen LogP contribution >= 0.6 is 11.6 Å². The van der Waals surface area contributed by atoms with E-state index in [2.05, 4.69) is 15.1 Å². The Bertz CT molecular complexity index is 1120. The highest BCUT2D eigenvalue weighted by molar-refractivity contribution is 6.33. The molecule has 0 aliphatic heterocycles. The van der Waals surface area contributed by atoms with Crippen LogP contribution in [0, 0.1) is 13.8 Å². The lowest BCUT2D eigenvalue weighted by atomic mass is 10.3. The Morgan fingerprint density at radius 2 is 2.04 bits per heavy atom. The molecular formula is C19H16ClN5O2. The lowest BCUT2D eigenvalue weighted by Crippen LogP contribution is -2.11. The van der Waals surface area contributed by atoms with Gasteiger partial charge in [-0.05, 0) is 44.2 Å². The van der Waals surface area contributed by atoms with E-state index in [1.165, 1.54) is 0 Å². The summed E-state index contributed by atoms with van der Waals surface area (Å²) in [5.74, 6) is -0.106. The van der Waals surface area contributed by atoms with Crippen molar-refractivity contribution >= 4 is 23.2 Å². The van der Waals surface area contributed by atoms with Crippen LogP contribution in [0.5, 0.6) is 0 Å². The predicted molar refractivity (Wildman–Crippen MR) is 100 cm³/mol. The van der Waals surface area contributed by atoms with Crippen molar-refractivity contribution in [3.8, 4) is 5.82 Å². The minimum absolute atomic E-state index is 0.0304. The molecule has 4 rings (SSSR count). The second-order valence-electron chi connectivity index (χ2n) is 6.11. The summed E-state index contributed by atoms with van der Waals surface area (Å²) < 4.78 is 8.88. The second kappa shape index (κ2) is 6.85. The van der Waals surface area contributed by atoms with Gasteiger partial charge in [-0.3, -0.25) is 0 Å². The molecule has 0 atom stereocenters. The summed E-state index contributed by atoms with van der Waals surface area (Å²) in [5, 5.41) is 4.60. The quantitative estimate of drug-likeness (QED) is 0.505. The van der Waals surface area contributed by atoms with Gasteiger partial charge in [-0.2, -0.15) is 5.10 Å². The predicted octanol–water partition coefficient (Wildman–Crippen LogP) is 3.54. The fourth-order valence-electron chi connectivity index (χ4n) is 2.82. The summed E-state index contributed by atoms with van der Waals surface area (Å²) in [4.78, 5) is 21.2. The lowest BCUT2D eigenvalue weighted by Gasteiger charge is -2.08. The fourth-order valence-corrected chi connectivity index (χ4v) is 3.00. The number of carbonyl (C=O) groups is 1. The Morgan fingerprint density at radius 1 is 1.19 bits per heavy atom. The van der Waals surface area contributed by atoms with Crippen molar-refractivity contribution in [1.29, 1.82) is 0 Å². The molecule has 7 nitrogen and oxygen atoms in total. The smallest absolute Gasteiger partial charge is 0.358 e. The molecule has 136 valence electrons. The number of aromatic nitrogens is 5. The summed E-state index contributed by atoms with van der Waals surface area (Å²) in [6.45, 7) is 3.84. The molecule has 0 saturated carbocycles. The van der Waals surface area contributed by atoms with Crippen molar-refractivity contribution in [2.75, 3.05) is 0 Å². The number of aryl methyl sites for hydroxylation is 2. The molecule has 0 aliphatic rings. The van der Waals surface area contributed by atoms with E-state index < -0.39 is 5.97 Å². The number of halogens is 1. The first-order chi connectivity index (χ1) is 13.0. The van der Waals surface area contributed by atoms with Crippen molar-refractivity contribution in [3.63, 3.8) is 0 Å². The Kier molecular flexibility index (Phi) is 4.37. The van der Waals surface area contributed by atoms with E-state index in [9.17, 15) is 4.79 Å². The molecule has 0 aromatic carbocycles. The van der Waals surface area contributed by atoms with Crippen molar-refractivity contribution < 1.29 is 9.53 Å². The zero-order valence-electron chi connectivity index (χ0n) is 14.8. The minimum Gasteiger partial charge on any atom is -0.454 e. The van der Waals surface area contributed by atoms with Crippen LogP contribution in [0.4, 0.5) is 0 Å². The molecule has 8 heteroatoms. The molecule has 4 aromatic rings. The summed E-state index contributed by atoms with van der Waals surface area (Å²) in [5.41, 5.74) is 3.24. The first-order valence-corrected chi connectivity index (χ1v) is 8.69. The largest absolute Gasteiger partial charge is 0.454 e. The highest BCUT2D eigenvalue weighted by Gasteiger charge is 2.17. The number of hydrogen-bond acceptors (Lipinski definition) is 5. The second-order valence-corrected chi connectivity index (χ2v) is 6.52. The van der Waals surface area contributed by atoms with E-state index in [4.69, 9.17) is 16.3 Å². The molecule has 0 N–H and O–H groups in total. The van der Waals surface area contributed by atoms with E-state index in [0.717, 1.165) is 17.0 Å². The first kappa shape index (κ1) is 17.2. The van der Waals surface area contributed by atoms with Crippen LogP contribution in [0.25, 0.3) is 11.5 Å². The molecule has 4 aromatic heterocycles. The van der Waals surface area contributed by atoms with Gasteiger partial charge in [0.2, 0.25) is 0 Å². The summed E-state index contributed by atoms with van der Waals surface area (Å²) in [7, 11) is 0. The topological polar surface area (TPSA) is 74.3 Å².